The molecule has 2 radical (unpaired) electrons. The number of aromatic nitrogens is 4. The maximum atomic E-state index is 5.53. The van der Waals surface area contributed by atoms with Gasteiger partial charge in [0.05, 0.1) is 0 Å². The van der Waals surface area contributed by atoms with E-state index in [1.54, 1.807) is 17.1 Å². The molecule has 13 heavy (non-hydrogen) atoms. The Bertz CT molecular complexity index is 424. The van der Waals surface area contributed by atoms with Crippen molar-refractivity contribution < 1.29 is 0 Å². The summed E-state index contributed by atoms with van der Waals surface area (Å²) in [6.45, 7) is 0. The zero-order valence-corrected chi connectivity index (χ0v) is 7.18. The van der Waals surface area contributed by atoms with Gasteiger partial charge in [0.2, 0.25) is 0 Å². The molecule has 0 N–H and O–H groups in total. The van der Waals surface area contributed by atoms with E-state index in [4.69, 9.17) is 7.85 Å². The molecule has 0 spiro atoms. The van der Waals surface area contributed by atoms with E-state index >= 15 is 0 Å². The Balaban J connectivity index is 2.46. The predicted molar refractivity (Wildman–Crippen MR) is 49.6 cm³/mol. The van der Waals surface area contributed by atoms with Crippen LogP contribution in [0.4, 0.5) is 0 Å². The first kappa shape index (κ1) is 7.98. The first-order chi connectivity index (χ1) is 6.25. The molecule has 0 unspecified atom stereocenters. The van der Waals surface area contributed by atoms with Crippen molar-refractivity contribution in [1.29, 1.82) is 0 Å². The molecular formula is C8H7BN4. The van der Waals surface area contributed by atoms with Crippen molar-refractivity contribution in [3.8, 4) is 11.5 Å². The third kappa shape index (κ3) is 1.59. The van der Waals surface area contributed by atoms with Crippen LogP contribution in [0.3, 0.4) is 0 Å². The summed E-state index contributed by atoms with van der Waals surface area (Å²) in [5.74, 6) is 0.592. The number of nitrogens with zero attached hydrogens (tertiary/aromatic N) is 4. The largest absolute Gasteiger partial charge is 0.261 e. The fourth-order valence-electron chi connectivity index (χ4n) is 1.03. The lowest BCUT2D eigenvalue weighted by Gasteiger charge is -1.95. The van der Waals surface area contributed by atoms with Gasteiger partial charge in [0.25, 0.3) is 0 Å². The summed E-state index contributed by atoms with van der Waals surface area (Å²) in [7, 11) is 7.34. The molecule has 2 aromatic rings. The molecular weight excluding hydrogens is 163 g/mol. The van der Waals surface area contributed by atoms with Gasteiger partial charge in [0, 0.05) is 7.05 Å². The van der Waals surface area contributed by atoms with E-state index in [1.807, 2.05) is 19.2 Å². The fourth-order valence-corrected chi connectivity index (χ4v) is 1.03. The van der Waals surface area contributed by atoms with E-state index in [1.165, 1.54) is 0 Å². The number of pyridine rings is 1. The Morgan fingerprint density at radius 2 is 2.23 bits per heavy atom. The third-order valence-electron chi connectivity index (χ3n) is 1.60. The minimum absolute atomic E-state index is 0.477. The van der Waals surface area contributed by atoms with Gasteiger partial charge < -0.3 is 0 Å². The zero-order chi connectivity index (χ0) is 9.26. The molecule has 0 fully saturated rings. The van der Waals surface area contributed by atoms with Crippen LogP contribution in [0.25, 0.3) is 11.5 Å². The molecule has 0 aliphatic heterocycles. The van der Waals surface area contributed by atoms with Crippen molar-refractivity contribution in [2.45, 2.75) is 0 Å². The average molecular weight is 170 g/mol. The highest BCUT2D eigenvalue weighted by Gasteiger charge is 2.02. The molecule has 0 saturated heterocycles. The van der Waals surface area contributed by atoms with E-state index in [0.29, 0.717) is 17.1 Å². The summed E-state index contributed by atoms with van der Waals surface area (Å²) in [6.07, 6.45) is 1.63. The zero-order valence-electron chi connectivity index (χ0n) is 7.18. The lowest BCUT2D eigenvalue weighted by molar-refractivity contribution is 0.767. The van der Waals surface area contributed by atoms with Crippen LogP contribution in [0.5, 0.6) is 0 Å². The minimum atomic E-state index is 0.477. The molecule has 0 aliphatic rings. The van der Waals surface area contributed by atoms with Crippen LogP contribution in [0.2, 0.25) is 0 Å². The lowest BCUT2D eigenvalue weighted by atomic mass is 10.0. The lowest BCUT2D eigenvalue weighted by Crippen LogP contribution is -2.07. The van der Waals surface area contributed by atoms with E-state index < -0.39 is 0 Å². The van der Waals surface area contributed by atoms with E-state index in [2.05, 4.69) is 15.1 Å². The first-order valence-electron chi connectivity index (χ1n) is 3.84. The van der Waals surface area contributed by atoms with Gasteiger partial charge in [0.1, 0.15) is 19.9 Å². The predicted octanol–water partition coefficient (Wildman–Crippen LogP) is -0.329. The average Bonchev–Trinajstić information content (AvgIpc) is 2.52. The molecule has 0 amide bonds. The number of aryl methyl sites for hydroxylation is 1. The summed E-state index contributed by atoms with van der Waals surface area (Å²) >= 11 is 0. The maximum Gasteiger partial charge on any atom is 0.199 e. The van der Waals surface area contributed by atoms with Gasteiger partial charge in [-0.3, -0.25) is 9.67 Å². The van der Waals surface area contributed by atoms with Gasteiger partial charge >= 0.3 is 0 Å². The van der Waals surface area contributed by atoms with Gasteiger partial charge in [-0.2, -0.15) is 0 Å². The highest BCUT2D eigenvalue weighted by Crippen LogP contribution is 2.07. The molecule has 2 heterocycles. The Morgan fingerprint density at radius 1 is 1.38 bits per heavy atom. The van der Waals surface area contributed by atoms with Gasteiger partial charge in [0.15, 0.2) is 5.82 Å². The van der Waals surface area contributed by atoms with E-state index in [-0.39, 0.29) is 0 Å². The Hall–Kier alpha value is -1.65. The molecule has 0 bridgehead atoms. The summed E-state index contributed by atoms with van der Waals surface area (Å²) in [5, 5.41) is 4.11. The van der Waals surface area contributed by atoms with Crippen LogP contribution in [0.15, 0.2) is 24.5 Å². The first-order valence-corrected chi connectivity index (χ1v) is 3.84. The van der Waals surface area contributed by atoms with E-state index in [9.17, 15) is 0 Å². The van der Waals surface area contributed by atoms with Crippen molar-refractivity contribution >= 4 is 13.4 Å². The van der Waals surface area contributed by atoms with Crippen LogP contribution in [-0.4, -0.2) is 27.6 Å². The number of rotatable bonds is 1. The van der Waals surface area contributed by atoms with Gasteiger partial charge in [-0.25, -0.2) is 4.98 Å². The minimum Gasteiger partial charge on any atom is -0.261 e. The summed E-state index contributed by atoms with van der Waals surface area (Å²) < 4.78 is 1.63. The van der Waals surface area contributed by atoms with Gasteiger partial charge in [-0.05, 0) is 11.7 Å². The number of hydrogen-bond acceptors (Lipinski definition) is 3. The molecule has 5 heteroatoms. The van der Waals surface area contributed by atoms with Crippen molar-refractivity contribution in [2.24, 2.45) is 7.05 Å². The summed E-state index contributed by atoms with van der Waals surface area (Å²) in [6, 6.07) is 5.38. The molecule has 0 aliphatic carbocycles. The van der Waals surface area contributed by atoms with Gasteiger partial charge in [-0.1, -0.05) is 12.1 Å². The fraction of sp³-hybridized carbons (Fsp3) is 0.125. The SMILES string of the molecule is [B]c1cccc(-c2ncn(C)n2)n1. The molecule has 2 aromatic heterocycles. The Kier molecular flexibility index (Phi) is 1.85. The topological polar surface area (TPSA) is 43.6 Å². The quantitative estimate of drug-likeness (QED) is 0.550. The second-order valence-corrected chi connectivity index (χ2v) is 2.69. The highest BCUT2D eigenvalue weighted by atomic mass is 15.3. The van der Waals surface area contributed by atoms with Crippen molar-refractivity contribution in [2.75, 3.05) is 0 Å². The van der Waals surface area contributed by atoms with Gasteiger partial charge in [-0.15, -0.1) is 5.10 Å². The van der Waals surface area contributed by atoms with Crippen LogP contribution in [0.1, 0.15) is 0 Å². The maximum absolute atomic E-state index is 5.53. The Labute approximate surface area is 77.1 Å². The molecule has 4 nitrogen and oxygen atoms in total. The summed E-state index contributed by atoms with van der Waals surface area (Å²) in [4.78, 5) is 8.16. The van der Waals surface area contributed by atoms with Crippen molar-refractivity contribution in [3.05, 3.63) is 24.5 Å². The van der Waals surface area contributed by atoms with E-state index in [0.717, 1.165) is 0 Å². The van der Waals surface area contributed by atoms with Crippen LogP contribution in [-0.2, 0) is 7.05 Å². The normalized spacial score (nSPS) is 10.2. The third-order valence-corrected chi connectivity index (χ3v) is 1.60. The van der Waals surface area contributed by atoms with Crippen molar-refractivity contribution in [3.63, 3.8) is 0 Å². The van der Waals surface area contributed by atoms with Crippen LogP contribution in [0, 0.1) is 0 Å². The summed E-state index contributed by atoms with van der Waals surface area (Å²) in [5.41, 5.74) is 1.17. The smallest absolute Gasteiger partial charge is 0.199 e. The monoisotopic (exact) mass is 170 g/mol. The van der Waals surface area contributed by atoms with Crippen molar-refractivity contribution in [1.82, 2.24) is 19.7 Å². The van der Waals surface area contributed by atoms with Crippen LogP contribution >= 0.6 is 0 Å². The molecule has 62 valence electrons. The highest BCUT2D eigenvalue weighted by molar-refractivity contribution is 6.30. The van der Waals surface area contributed by atoms with Crippen LogP contribution < -0.4 is 5.59 Å². The number of hydrogen-bond donors (Lipinski definition) is 0. The molecule has 0 atom stereocenters. The Morgan fingerprint density at radius 3 is 2.85 bits per heavy atom. The second-order valence-electron chi connectivity index (χ2n) is 2.69. The second kappa shape index (κ2) is 3.01. The molecule has 2 rings (SSSR count). The molecule has 0 aromatic carbocycles. The molecule has 0 saturated carbocycles. The standard InChI is InChI=1S/C8H7BN4/c1-13-5-10-8(12-13)6-3-2-4-7(9)11-6/h2-5H,1H3.